The number of nitrogens with zero attached hydrogens (tertiary/aromatic N) is 6. The highest BCUT2D eigenvalue weighted by molar-refractivity contribution is 6.30. The molecule has 2 aliphatic rings. The summed E-state index contributed by atoms with van der Waals surface area (Å²) in [6.07, 6.45) is 5.79. The minimum absolute atomic E-state index is 0.0905. The molecule has 0 radical (unpaired) electrons. The number of anilines is 1. The number of halogens is 1. The number of hydrogen-bond acceptors (Lipinski definition) is 6. The Kier molecular flexibility index (Phi) is 6.00. The lowest BCUT2D eigenvalue weighted by atomic mass is 10.2. The molecule has 10 heteroatoms. The van der Waals surface area contributed by atoms with Crippen molar-refractivity contribution in [3.8, 4) is 17.3 Å². The number of amides is 2. The Morgan fingerprint density at radius 2 is 1.83 bits per heavy atom. The highest BCUT2D eigenvalue weighted by atomic mass is 35.5. The van der Waals surface area contributed by atoms with E-state index in [9.17, 15) is 4.79 Å². The van der Waals surface area contributed by atoms with Crippen molar-refractivity contribution < 1.29 is 9.53 Å². The number of likely N-dealkylation sites (tertiary alicyclic amines) is 2. The molecule has 182 valence electrons. The number of ether oxygens (including phenoxy) is 1. The van der Waals surface area contributed by atoms with Crippen LogP contribution in [0.1, 0.15) is 12.0 Å². The molecule has 2 unspecified atom stereocenters. The first-order valence-corrected chi connectivity index (χ1v) is 12.2. The van der Waals surface area contributed by atoms with Crippen LogP contribution in [-0.2, 0) is 6.54 Å². The molecule has 4 heterocycles. The molecule has 2 saturated heterocycles. The minimum Gasteiger partial charge on any atom is -0.457 e. The minimum atomic E-state index is -0.0905. The Bertz CT molecular complexity index is 1350. The largest absolute Gasteiger partial charge is 0.457 e. The molecule has 2 aliphatic heterocycles. The fraction of sp³-hybridized carbons (Fsp3) is 0.231. The van der Waals surface area contributed by atoms with E-state index in [0.717, 1.165) is 31.0 Å². The lowest BCUT2D eigenvalue weighted by molar-refractivity contribution is 0.139. The van der Waals surface area contributed by atoms with Crippen LogP contribution in [0.25, 0.3) is 5.82 Å². The molecule has 0 aliphatic carbocycles. The molecule has 0 saturated carbocycles. The maximum atomic E-state index is 12.9. The molecule has 2 bridgehead atoms. The lowest BCUT2D eigenvalue weighted by Crippen LogP contribution is -2.49. The quantitative estimate of drug-likeness (QED) is 0.415. The molecule has 2 atom stereocenters. The number of carbonyl (C=O) groups is 1. The van der Waals surface area contributed by atoms with Crippen LogP contribution < -0.4 is 10.1 Å². The summed E-state index contributed by atoms with van der Waals surface area (Å²) in [6, 6.07) is 19.5. The van der Waals surface area contributed by atoms with Crippen molar-refractivity contribution in [2.45, 2.75) is 25.0 Å². The number of piperazine rings is 1. The molecule has 9 nitrogen and oxygen atoms in total. The van der Waals surface area contributed by atoms with E-state index < -0.39 is 0 Å². The summed E-state index contributed by atoms with van der Waals surface area (Å²) in [6.45, 7) is 2.38. The van der Waals surface area contributed by atoms with Gasteiger partial charge in [-0.15, -0.1) is 4.80 Å². The van der Waals surface area contributed by atoms with Crippen molar-refractivity contribution >= 4 is 23.3 Å². The van der Waals surface area contributed by atoms with Crippen LogP contribution >= 0.6 is 11.6 Å². The van der Waals surface area contributed by atoms with E-state index >= 15 is 0 Å². The Balaban J connectivity index is 1.04. The fourth-order valence-electron chi connectivity index (χ4n) is 4.88. The molecule has 2 aromatic carbocycles. The van der Waals surface area contributed by atoms with Gasteiger partial charge in [0, 0.05) is 36.7 Å². The van der Waals surface area contributed by atoms with Crippen LogP contribution in [-0.4, -0.2) is 61.0 Å². The molecule has 2 amide bonds. The van der Waals surface area contributed by atoms with Gasteiger partial charge in [0.1, 0.15) is 11.5 Å². The zero-order valence-corrected chi connectivity index (χ0v) is 20.1. The van der Waals surface area contributed by atoms with E-state index in [2.05, 4.69) is 37.5 Å². The van der Waals surface area contributed by atoms with Crippen LogP contribution in [0.5, 0.6) is 11.5 Å². The third kappa shape index (κ3) is 4.75. The van der Waals surface area contributed by atoms with E-state index in [1.807, 2.05) is 47.4 Å². The van der Waals surface area contributed by atoms with Crippen LogP contribution in [0.4, 0.5) is 10.5 Å². The highest BCUT2D eigenvalue weighted by Gasteiger charge is 2.45. The van der Waals surface area contributed by atoms with Crippen molar-refractivity contribution in [1.82, 2.24) is 29.8 Å². The van der Waals surface area contributed by atoms with Gasteiger partial charge in [0.25, 0.3) is 0 Å². The standard InChI is InChI=1S/C26H24ClN7O2/c27-19-4-7-23(8-5-19)36-24-3-1-2-18(12-24)15-32-16-22-13-21(32)17-33(22)26(35)31-20-6-9-25(28-14-20)34-29-10-11-30-34/h1-12,14,21-22H,13,15-17H2,(H,31,35). The van der Waals surface area contributed by atoms with Crippen LogP contribution in [0.15, 0.2) is 79.3 Å². The average molecular weight is 502 g/mol. The number of fused-ring (bicyclic) bond motifs is 2. The van der Waals surface area contributed by atoms with Gasteiger partial charge >= 0.3 is 6.03 Å². The summed E-state index contributed by atoms with van der Waals surface area (Å²) in [5.41, 5.74) is 1.83. The first-order valence-electron chi connectivity index (χ1n) is 11.8. The number of urea groups is 1. The molecular weight excluding hydrogens is 478 g/mol. The number of rotatable bonds is 6. The molecule has 2 fully saturated rings. The van der Waals surface area contributed by atoms with Crippen LogP contribution in [0.2, 0.25) is 5.02 Å². The van der Waals surface area contributed by atoms with Crippen LogP contribution in [0.3, 0.4) is 0 Å². The van der Waals surface area contributed by atoms with Crippen molar-refractivity contribution in [2.24, 2.45) is 0 Å². The molecule has 1 N–H and O–H groups in total. The molecule has 6 rings (SSSR count). The normalized spacial score (nSPS) is 19.0. The Labute approximate surface area is 213 Å². The first kappa shape index (κ1) is 22.5. The number of benzene rings is 2. The summed E-state index contributed by atoms with van der Waals surface area (Å²) in [4.78, 5) is 23.1. The van der Waals surface area contributed by atoms with Gasteiger partial charge < -0.3 is 15.0 Å². The Morgan fingerprint density at radius 3 is 2.56 bits per heavy atom. The summed E-state index contributed by atoms with van der Waals surface area (Å²) in [5.74, 6) is 2.14. The van der Waals surface area contributed by atoms with Gasteiger partial charge in [0.2, 0.25) is 0 Å². The maximum Gasteiger partial charge on any atom is 0.322 e. The smallest absolute Gasteiger partial charge is 0.322 e. The monoisotopic (exact) mass is 501 g/mol. The van der Waals surface area contributed by atoms with Crippen molar-refractivity contribution in [3.05, 3.63) is 89.8 Å². The summed E-state index contributed by atoms with van der Waals surface area (Å²) < 4.78 is 5.98. The summed E-state index contributed by atoms with van der Waals surface area (Å²) >= 11 is 5.96. The number of hydrogen-bond donors (Lipinski definition) is 1. The van der Waals surface area contributed by atoms with Crippen molar-refractivity contribution in [1.29, 1.82) is 0 Å². The predicted octanol–water partition coefficient (Wildman–Crippen LogP) is 4.60. The second-order valence-electron chi connectivity index (χ2n) is 8.98. The van der Waals surface area contributed by atoms with E-state index in [4.69, 9.17) is 16.3 Å². The lowest BCUT2D eigenvalue weighted by Gasteiger charge is -2.34. The van der Waals surface area contributed by atoms with Gasteiger partial charge in [-0.1, -0.05) is 23.7 Å². The van der Waals surface area contributed by atoms with Gasteiger partial charge in [0.15, 0.2) is 5.82 Å². The second-order valence-corrected chi connectivity index (χ2v) is 9.42. The van der Waals surface area contributed by atoms with Gasteiger partial charge in [-0.25, -0.2) is 9.78 Å². The van der Waals surface area contributed by atoms with E-state index in [-0.39, 0.29) is 12.1 Å². The fourth-order valence-corrected chi connectivity index (χ4v) is 5.01. The van der Waals surface area contributed by atoms with Crippen LogP contribution in [0, 0.1) is 0 Å². The van der Waals surface area contributed by atoms with Gasteiger partial charge in [-0.2, -0.15) is 10.2 Å². The molecule has 4 aromatic rings. The molecular formula is C26H24ClN7O2. The third-order valence-corrected chi connectivity index (χ3v) is 6.82. The zero-order chi connectivity index (χ0) is 24.5. The van der Waals surface area contributed by atoms with E-state index in [1.54, 1.807) is 24.7 Å². The number of aromatic nitrogens is 4. The Morgan fingerprint density at radius 1 is 1.00 bits per heavy atom. The second kappa shape index (κ2) is 9.60. The summed E-state index contributed by atoms with van der Waals surface area (Å²) in [5, 5.41) is 11.8. The third-order valence-electron chi connectivity index (χ3n) is 6.57. The van der Waals surface area contributed by atoms with Crippen molar-refractivity contribution in [3.63, 3.8) is 0 Å². The van der Waals surface area contributed by atoms with Gasteiger partial charge in [-0.3, -0.25) is 4.90 Å². The SMILES string of the molecule is O=C(Nc1ccc(-n2nccn2)nc1)N1CC2CC1CN2Cc1cccc(Oc2ccc(Cl)cc2)c1. The topological polar surface area (TPSA) is 88.4 Å². The number of carbonyl (C=O) groups excluding carboxylic acids is 1. The van der Waals surface area contributed by atoms with E-state index in [0.29, 0.717) is 29.1 Å². The van der Waals surface area contributed by atoms with E-state index in [1.165, 1.54) is 10.4 Å². The number of nitrogens with one attached hydrogen (secondary N) is 1. The summed E-state index contributed by atoms with van der Waals surface area (Å²) in [7, 11) is 0. The zero-order valence-electron chi connectivity index (χ0n) is 19.4. The highest BCUT2D eigenvalue weighted by Crippen LogP contribution is 2.33. The maximum absolute atomic E-state index is 12.9. The van der Waals surface area contributed by atoms with Gasteiger partial charge in [-0.05, 0) is 60.5 Å². The molecule has 2 aromatic heterocycles. The average Bonchev–Trinajstić information content (AvgIpc) is 3.64. The van der Waals surface area contributed by atoms with Gasteiger partial charge in [0.05, 0.1) is 24.3 Å². The van der Waals surface area contributed by atoms with Crippen molar-refractivity contribution in [2.75, 3.05) is 18.4 Å². The molecule has 36 heavy (non-hydrogen) atoms. The Hall–Kier alpha value is -3.95. The first-order chi connectivity index (χ1) is 17.6. The molecule has 0 spiro atoms. The number of pyridine rings is 1. The predicted molar refractivity (Wildman–Crippen MR) is 135 cm³/mol.